The van der Waals surface area contributed by atoms with E-state index < -0.39 is 15.8 Å². The molecular formula is C18H18F2N2O3S2. The number of hydrogen-bond donors (Lipinski definition) is 0. The van der Waals surface area contributed by atoms with E-state index in [4.69, 9.17) is 0 Å². The van der Waals surface area contributed by atoms with Gasteiger partial charge in [0.15, 0.2) is 0 Å². The minimum atomic E-state index is -3.78. The number of thioether (sulfide) groups is 1. The van der Waals surface area contributed by atoms with E-state index in [0.29, 0.717) is 0 Å². The molecule has 0 spiro atoms. The van der Waals surface area contributed by atoms with Crippen LogP contribution in [0.15, 0.2) is 58.3 Å². The van der Waals surface area contributed by atoms with E-state index >= 15 is 0 Å². The van der Waals surface area contributed by atoms with Crippen molar-refractivity contribution in [3.8, 4) is 0 Å². The van der Waals surface area contributed by atoms with Gasteiger partial charge in [-0.05, 0) is 42.5 Å². The minimum Gasteiger partial charge on any atom is -0.339 e. The first-order chi connectivity index (χ1) is 12.9. The lowest BCUT2D eigenvalue weighted by Gasteiger charge is -2.34. The normalized spacial score (nSPS) is 15.7. The number of hydrogen-bond acceptors (Lipinski definition) is 4. The van der Waals surface area contributed by atoms with Gasteiger partial charge in [-0.1, -0.05) is 6.07 Å². The van der Waals surface area contributed by atoms with Gasteiger partial charge in [-0.25, -0.2) is 17.2 Å². The SMILES string of the molecule is O=C(CSc1ccc(F)cc1)N1CCN(S(=O)(=O)c2cccc(F)c2)CC1. The Labute approximate surface area is 161 Å². The summed E-state index contributed by atoms with van der Waals surface area (Å²) in [5.74, 6) is -0.849. The molecule has 0 aromatic heterocycles. The monoisotopic (exact) mass is 412 g/mol. The van der Waals surface area contributed by atoms with E-state index in [-0.39, 0.29) is 48.6 Å². The number of rotatable bonds is 5. The van der Waals surface area contributed by atoms with Crippen LogP contribution in [0.2, 0.25) is 0 Å². The first-order valence-corrected chi connectivity index (χ1v) is 10.7. The predicted molar refractivity (Wildman–Crippen MR) is 98.9 cm³/mol. The molecule has 1 heterocycles. The number of carbonyl (C=O) groups excluding carboxylic acids is 1. The molecule has 9 heteroatoms. The van der Waals surface area contributed by atoms with Crippen LogP contribution >= 0.6 is 11.8 Å². The van der Waals surface area contributed by atoms with Gasteiger partial charge >= 0.3 is 0 Å². The van der Waals surface area contributed by atoms with Gasteiger partial charge in [0.1, 0.15) is 11.6 Å². The molecule has 2 aromatic rings. The molecule has 1 saturated heterocycles. The van der Waals surface area contributed by atoms with Gasteiger partial charge in [0.25, 0.3) is 0 Å². The molecule has 0 bridgehead atoms. The van der Waals surface area contributed by atoms with Crippen LogP contribution in [0.5, 0.6) is 0 Å². The molecule has 1 fully saturated rings. The number of nitrogens with zero attached hydrogens (tertiary/aromatic N) is 2. The zero-order valence-corrected chi connectivity index (χ0v) is 16.0. The first-order valence-electron chi connectivity index (χ1n) is 8.28. The fraction of sp³-hybridized carbons (Fsp3) is 0.278. The van der Waals surface area contributed by atoms with Crippen LogP contribution in [0.25, 0.3) is 0 Å². The largest absolute Gasteiger partial charge is 0.339 e. The van der Waals surface area contributed by atoms with E-state index in [9.17, 15) is 22.0 Å². The van der Waals surface area contributed by atoms with Gasteiger partial charge in [-0.2, -0.15) is 4.31 Å². The minimum absolute atomic E-state index is 0.0888. The molecule has 1 amide bonds. The molecule has 0 radical (unpaired) electrons. The van der Waals surface area contributed by atoms with Crippen LogP contribution in [-0.4, -0.2) is 55.5 Å². The maximum Gasteiger partial charge on any atom is 0.243 e. The Hall–Kier alpha value is -1.97. The summed E-state index contributed by atoms with van der Waals surface area (Å²) in [5, 5.41) is 0. The molecule has 5 nitrogen and oxygen atoms in total. The average Bonchev–Trinajstić information content (AvgIpc) is 2.67. The van der Waals surface area contributed by atoms with Gasteiger partial charge in [0, 0.05) is 31.1 Å². The standard InChI is InChI=1S/C18H18F2N2O3S2/c19-14-4-6-16(7-5-14)26-13-18(23)21-8-10-22(11-9-21)27(24,25)17-3-1-2-15(20)12-17/h1-7,12H,8-11,13H2. The van der Waals surface area contributed by atoms with E-state index in [1.807, 2.05) is 0 Å². The van der Waals surface area contributed by atoms with Gasteiger partial charge in [-0.3, -0.25) is 4.79 Å². The van der Waals surface area contributed by atoms with E-state index in [1.54, 1.807) is 17.0 Å². The Morgan fingerprint density at radius 1 is 0.963 bits per heavy atom. The number of piperazine rings is 1. The Morgan fingerprint density at radius 2 is 1.63 bits per heavy atom. The molecule has 0 saturated carbocycles. The number of amides is 1. The van der Waals surface area contributed by atoms with Crippen molar-refractivity contribution in [3.05, 3.63) is 60.2 Å². The molecule has 3 rings (SSSR count). The average molecular weight is 412 g/mol. The highest BCUT2D eigenvalue weighted by Crippen LogP contribution is 2.21. The molecule has 144 valence electrons. The van der Waals surface area contributed by atoms with Gasteiger partial charge in [0.2, 0.25) is 15.9 Å². The summed E-state index contributed by atoms with van der Waals surface area (Å²) in [6, 6.07) is 10.8. The highest BCUT2D eigenvalue weighted by Gasteiger charge is 2.30. The number of benzene rings is 2. The summed E-state index contributed by atoms with van der Waals surface area (Å²) in [4.78, 5) is 14.6. The maximum atomic E-state index is 13.3. The fourth-order valence-corrected chi connectivity index (χ4v) is 4.98. The molecule has 2 aromatic carbocycles. The van der Waals surface area contributed by atoms with Crippen molar-refractivity contribution < 1.29 is 22.0 Å². The van der Waals surface area contributed by atoms with Crippen molar-refractivity contribution in [3.63, 3.8) is 0 Å². The molecule has 1 aliphatic heterocycles. The number of sulfonamides is 1. The zero-order valence-electron chi connectivity index (χ0n) is 14.3. The van der Waals surface area contributed by atoms with Crippen LogP contribution in [0.4, 0.5) is 8.78 Å². The van der Waals surface area contributed by atoms with Gasteiger partial charge < -0.3 is 4.90 Å². The topological polar surface area (TPSA) is 57.7 Å². The molecule has 1 aliphatic rings. The van der Waals surface area contributed by atoms with Gasteiger partial charge in [-0.15, -0.1) is 11.8 Å². The quantitative estimate of drug-likeness (QED) is 0.709. The Bertz CT molecular complexity index is 912. The van der Waals surface area contributed by atoms with Crippen LogP contribution in [-0.2, 0) is 14.8 Å². The highest BCUT2D eigenvalue weighted by atomic mass is 32.2. The summed E-state index contributed by atoms with van der Waals surface area (Å²) in [7, 11) is -3.78. The summed E-state index contributed by atoms with van der Waals surface area (Å²) in [6.45, 7) is 0.867. The lowest BCUT2D eigenvalue weighted by molar-refractivity contribution is -0.129. The van der Waals surface area contributed by atoms with Crippen LogP contribution in [0.1, 0.15) is 0 Å². The van der Waals surface area contributed by atoms with Crippen LogP contribution < -0.4 is 0 Å². The molecule has 0 aliphatic carbocycles. The third-order valence-corrected chi connectivity index (χ3v) is 7.09. The number of carbonyl (C=O) groups is 1. The second-order valence-electron chi connectivity index (χ2n) is 5.98. The summed E-state index contributed by atoms with van der Waals surface area (Å²) >= 11 is 1.30. The third-order valence-electron chi connectivity index (χ3n) is 4.20. The van der Waals surface area contributed by atoms with Crippen molar-refractivity contribution in [2.24, 2.45) is 0 Å². The molecule has 0 N–H and O–H groups in total. The second-order valence-corrected chi connectivity index (χ2v) is 8.97. The number of halogens is 2. The molecular weight excluding hydrogens is 394 g/mol. The van der Waals surface area contributed by atoms with Crippen LogP contribution in [0, 0.1) is 11.6 Å². The molecule has 27 heavy (non-hydrogen) atoms. The predicted octanol–water partition coefficient (Wildman–Crippen LogP) is 2.59. The first kappa shape index (κ1) is 19.8. The third kappa shape index (κ3) is 4.85. The lowest BCUT2D eigenvalue weighted by atomic mass is 10.3. The van der Waals surface area contributed by atoms with Crippen molar-refractivity contribution >= 4 is 27.7 Å². The van der Waals surface area contributed by atoms with E-state index in [2.05, 4.69) is 0 Å². The van der Waals surface area contributed by atoms with Crippen molar-refractivity contribution in [1.82, 2.24) is 9.21 Å². The fourth-order valence-electron chi connectivity index (χ4n) is 2.72. The van der Waals surface area contributed by atoms with E-state index in [1.165, 1.54) is 46.4 Å². The molecule has 0 unspecified atom stereocenters. The van der Waals surface area contributed by atoms with Crippen molar-refractivity contribution in [1.29, 1.82) is 0 Å². The summed E-state index contributed by atoms with van der Waals surface area (Å²) in [5.41, 5.74) is 0. The Balaban J connectivity index is 1.55. The Kier molecular flexibility index (Phi) is 6.13. The van der Waals surface area contributed by atoms with E-state index in [0.717, 1.165) is 11.0 Å². The van der Waals surface area contributed by atoms with Crippen molar-refractivity contribution in [2.75, 3.05) is 31.9 Å². The summed E-state index contributed by atoms with van der Waals surface area (Å²) < 4.78 is 52.6. The molecule has 0 atom stereocenters. The smallest absolute Gasteiger partial charge is 0.243 e. The lowest BCUT2D eigenvalue weighted by Crippen LogP contribution is -2.50. The van der Waals surface area contributed by atoms with Gasteiger partial charge in [0.05, 0.1) is 10.6 Å². The van der Waals surface area contributed by atoms with Crippen molar-refractivity contribution in [2.45, 2.75) is 9.79 Å². The zero-order chi connectivity index (χ0) is 19.4. The maximum absolute atomic E-state index is 13.3. The highest BCUT2D eigenvalue weighted by molar-refractivity contribution is 8.00. The van der Waals surface area contributed by atoms with Crippen LogP contribution in [0.3, 0.4) is 0 Å². The second kappa shape index (κ2) is 8.37. The summed E-state index contributed by atoms with van der Waals surface area (Å²) in [6.07, 6.45) is 0. The Morgan fingerprint density at radius 3 is 2.26 bits per heavy atom.